The first-order chi connectivity index (χ1) is 9.04. The summed E-state index contributed by atoms with van der Waals surface area (Å²) >= 11 is 12.0. The average molecular weight is 302 g/mol. The van der Waals surface area contributed by atoms with E-state index in [0.717, 1.165) is 18.4 Å². The molecule has 1 aromatic carbocycles. The van der Waals surface area contributed by atoms with Gasteiger partial charge in [-0.05, 0) is 37.5 Å². The number of carbonyl (C=O) groups excluding carboxylic acids is 1. The number of halogens is 2. The van der Waals surface area contributed by atoms with Gasteiger partial charge in [-0.2, -0.15) is 0 Å². The lowest BCUT2D eigenvalue weighted by Crippen LogP contribution is -2.41. The number of nitrogens with zero attached hydrogens (tertiary/aromatic N) is 1. The van der Waals surface area contributed by atoms with Gasteiger partial charge in [0, 0.05) is 18.5 Å². The molecule has 0 aromatic heterocycles. The molecule has 0 N–H and O–H groups in total. The van der Waals surface area contributed by atoms with Crippen LogP contribution in [0.1, 0.15) is 42.6 Å². The van der Waals surface area contributed by atoms with E-state index in [9.17, 15) is 4.79 Å². The van der Waals surface area contributed by atoms with E-state index in [1.807, 2.05) is 24.0 Å². The average Bonchev–Trinajstić information content (AvgIpc) is 2.38. The lowest BCUT2D eigenvalue weighted by atomic mass is 10.1. The first-order valence-corrected chi connectivity index (χ1v) is 7.59. The van der Waals surface area contributed by atoms with E-state index in [2.05, 4.69) is 13.8 Å². The Morgan fingerprint density at radius 3 is 2.42 bits per heavy atom. The molecule has 2 nitrogen and oxygen atoms in total. The summed E-state index contributed by atoms with van der Waals surface area (Å²) in [6.45, 7) is 6.67. The third-order valence-electron chi connectivity index (χ3n) is 3.32. The quantitative estimate of drug-likeness (QED) is 0.708. The van der Waals surface area contributed by atoms with Crippen LogP contribution in [0.15, 0.2) is 18.2 Å². The summed E-state index contributed by atoms with van der Waals surface area (Å²) < 4.78 is 0. The fourth-order valence-corrected chi connectivity index (χ4v) is 2.72. The van der Waals surface area contributed by atoms with Crippen molar-refractivity contribution in [2.24, 2.45) is 0 Å². The van der Waals surface area contributed by atoms with E-state index in [1.165, 1.54) is 0 Å². The second-order valence-corrected chi connectivity index (χ2v) is 5.43. The predicted molar refractivity (Wildman–Crippen MR) is 82.3 cm³/mol. The van der Waals surface area contributed by atoms with Crippen LogP contribution in [0.5, 0.6) is 0 Å². The molecule has 106 valence electrons. The van der Waals surface area contributed by atoms with E-state index in [1.54, 1.807) is 6.07 Å². The summed E-state index contributed by atoms with van der Waals surface area (Å²) in [5.74, 6) is 0.408. The molecular weight excluding hydrogens is 281 g/mol. The number of amides is 1. The second kappa shape index (κ2) is 7.76. The zero-order chi connectivity index (χ0) is 14.4. The number of rotatable bonds is 6. The summed E-state index contributed by atoms with van der Waals surface area (Å²) in [7, 11) is 0. The molecule has 0 spiro atoms. The molecule has 0 heterocycles. The molecule has 1 rings (SSSR count). The van der Waals surface area contributed by atoms with Crippen molar-refractivity contribution < 1.29 is 4.79 Å². The number of hydrogen-bond acceptors (Lipinski definition) is 1. The number of hydrogen-bond donors (Lipinski definition) is 0. The van der Waals surface area contributed by atoms with Crippen LogP contribution in [0.3, 0.4) is 0 Å². The molecule has 1 aromatic rings. The van der Waals surface area contributed by atoms with Crippen LogP contribution in [-0.2, 0) is 0 Å². The SMILES string of the molecule is CCC(CC)N(CCCl)C(=O)c1ccc(C)cc1Cl. The number of benzene rings is 1. The fraction of sp³-hybridized carbons (Fsp3) is 0.533. The van der Waals surface area contributed by atoms with Crippen molar-refractivity contribution in [1.82, 2.24) is 4.90 Å². The van der Waals surface area contributed by atoms with Gasteiger partial charge in [-0.25, -0.2) is 0 Å². The van der Waals surface area contributed by atoms with Gasteiger partial charge in [0.2, 0.25) is 0 Å². The lowest BCUT2D eigenvalue weighted by molar-refractivity contribution is 0.0682. The Bertz CT molecular complexity index is 430. The third kappa shape index (κ3) is 4.12. The maximum Gasteiger partial charge on any atom is 0.255 e. The zero-order valence-electron chi connectivity index (χ0n) is 11.7. The summed E-state index contributed by atoms with van der Waals surface area (Å²) in [4.78, 5) is 14.4. The van der Waals surface area contributed by atoms with Gasteiger partial charge in [-0.15, -0.1) is 11.6 Å². The number of aryl methyl sites for hydroxylation is 1. The van der Waals surface area contributed by atoms with Gasteiger partial charge in [0.15, 0.2) is 0 Å². The minimum atomic E-state index is -0.0284. The fourth-order valence-electron chi connectivity index (χ4n) is 2.22. The molecule has 4 heteroatoms. The van der Waals surface area contributed by atoms with Crippen molar-refractivity contribution >= 4 is 29.1 Å². The maximum absolute atomic E-state index is 12.6. The van der Waals surface area contributed by atoms with Gasteiger partial charge in [0.1, 0.15) is 0 Å². The van der Waals surface area contributed by atoms with Gasteiger partial charge in [0.05, 0.1) is 10.6 Å². The van der Waals surface area contributed by atoms with Crippen LogP contribution in [0.2, 0.25) is 5.02 Å². The van der Waals surface area contributed by atoms with Crippen LogP contribution in [0, 0.1) is 6.92 Å². The van der Waals surface area contributed by atoms with E-state index in [0.29, 0.717) is 23.0 Å². The van der Waals surface area contributed by atoms with Crippen molar-refractivity contribution in [3.05, 3.63) is 34.3 Å². The second-order valence-electron chi connectivity index (χ2n) is 4.64. The summed E-state index contributed by atoms with van der Waals surface area (Å²) in [5, 5.41) is 0.510. The van der Waals surface area contributed by atoms with Crippen molar-refractivity contribution in [3.63, 3.8) is 0 Å². The smallest absolute Gasteiger partial charge is 0.255 e. The summed E-state index contributed by atoms with van der Waals surface area (Å²) in [6.07, 6.45) is 1.84. The highest BCUT2D eigenvalue weighted by molar-refractivity contribution is 6.33. The molecule has 0 saturated heterocycles. The van der Waals surface area contributed by atoms with Crippen molar-refractivity contribution in [2.45, 2.75) is 39.7 Å². The van der Waals surface area contributed by atoms with Gasteiger partial charge in [-0.1, -0.05) is 31.5 Å². The zero-order valence-corrected chi connectivity index (χ0v) is 13.3. The molecule has 0 bridgehead atoms. The lowest BCUT2D eigenvalue weighted by Gasteiger charge is -2.30. The Labute approximate surface area is 125 Å². The summed E-state index contributed by atoms with van der Waals surface area (Å²) in [5.41, 5.74) is 1.61. The van der Waals surface area contributed by atoms with Gasteiger partial charge >= 0.3 is 0 Å². The largest absolute Gasteiger partial charge is 0.334 e. The van der Waals surface area contributed by atoms with Crippen LogP contribution < -0.4 is 0 Å². The van der Waals surface area contributed by atoms with Crippen molar-refractivity contribution in [2.75, 3.05) is 12.4 Å². The van der Waals surface area contributed by atoms with Crippen molar-refractivity contribution in [1.29, 1.82) is 0 Å². The first kappa shape index (κ1) is 16.3. The van der Waals surface area contributed by atoms with Gasteiger partial charge in [-0.3, -0.25) is 4.79 Å². The molecule has 0 radical (unpaired) electrons. The van der Waals surface area contributed by atoms with Crippen LogP contribution >= 0.6 is 23.2 Å². The Hall–Kier alpha value is -0.730. The monoisotopic (exact) mass is 301 g/mol. The Morgan fingerprint density at radius 1 is 1.32 bits per heavy atom. The van der Waals surface area contributed by atoms with E-state index in [-0.39, 0.29) is 11.9 Å². The molecule has 0 fully saturated rings. The highest BCUT2D eigenvalue weighted by atomic mass is 35.5. The van der Waals surface area contributed by atoms with E-state index < -0.39 is 0 Å². The third-order valence-corrected chi connectivity index (χ3v) is 3.81. The van der Waals surface area contributed by atoms with Crippen LogP contribution in [0.4, 0.5) is 0 Å². The topological polar surface area (TPSA) is 20.3 Å². The number of alkyl halides is 1. The molecule has 0 aliphatic carbocycles. The first-order valence-electron chi connectivity index (χ1n) is 6.68. The molecular formula is C15H21Cl2NO. The maximum atomic E-state index is 12.6. The number of carbonyl (C=O) groups is 1. The molecule has 19 heavy (non-hydrogen) atoms. The molecule has 0 unspecified atom stereocenters. The minimum Gasteiger partial charge on any atom is -0.334 e. The molecule has 0 aliphatic rings. The molecule has 0 atom stereocenters. The van der Waals surface area contributed by atoms with Crippen molar-refractivity contribution in [3.8, 4) is 0 Å². The highest BCUT2D eigenvalue weighted by Crippen LogP contribution is 2.21. The molecule has 0 aliphatic heterocycles. The normalized spacial score (nSPS) is 10.8. The Morgan fingerprint density at radius 2 is 1.95 bits per heavy atom. The molecule has 0 saturated carbocycles. The highest BCUT2D eigenvalue weighted by Gasteiger charge is 2.23. The standard InChI is InChI=1S/C15H21Cl2NO/c1-4-12(5-2)18(9-8-16)15(19)13-7-6-11(3)10-14(13)17/h6-7,10,12H,4-5,8-9H2,1-3H3. The van der Waals surface area contributed by atoms with Crippen LogP contribution in [0.25, 0.3) is 0 Å². The predicted octanol–water partition coefficient (Wildman–Crippen LogP) is 4.52. The van der Waals surface area contributed by atoms with Gasteiger partial charge in [0.25, 0.3) is 5.91 Å². The van der Waals surface area contributed by atoms with Gasteiger partial charge < -0.3 is 4.90 Å². The Balaban J connectivity index is 3.04. The van der Waals surface area contributed by atoms with E-state index >= 15 is 0 Å². The van der Waals surface area contributed by atoms with E-state index in [4.69, 9.17) is 23.2 Å². The van der Waals surface area contributed by atoms with Crippen LogP contribution in [-0.4, -0.2) is 29.3 Å². The molecule has 1 amide bonds. The minimum absolute atomic E-state index is 0.0284. The summed E-state index contributed by atoms with van der Waals surface area (Å²) in [6, 6.07) is 5.73. The Kier molecular flexibility index (Phi) is 6.67.